The number of benzene rings is 1. The number of thiazole rings is 1. The molecule has 0 aliphatic carbocycles. The summed E-state index contributed by atoms with van der Waals surface area (Å²) in [4.78, 5) is 18.9. The third-order valence-electron chi connectivity index (χ3n) is 4.47. The van der Waals surface area contributed by atoms with Crippen molar-refractivity contribution in [2.75, 3.05) is 20.1 Å². The van der Waals surface area contributed by atoms with Crippen molar-refractivity contribution in [3.8, 4) is 5.75 Å². The Hall–Kier alpha value is -2.18. The summed E-state index contributed by atoms with van der Waals surface area (Å²) >= 11 is 1.62. The van der Waals surface area contributed by atoms with E-state index in [0.717, 1.165) is 47.9 Å². The summed E-state index contributed by atoms with van der Waals surface area (Å²) in [6.07, 6.45) is 5.63. The Morgan fingerprint density at radius 1 is 1.46 bits per heavy atom. The highest BCUT2D eigenvalue weighted by Crippen LogP contribution is 2.22. The summed E-state index contributed by atoms with van der Waals surface area (Å²) < 4.78 is 5.91. The van der Waals surface area contributed by atoms with E-state index in [2.05, 4.69) is 10.3 Å². The molecule has 1 aliphatic rings. The zero-order valence-corrected chi connectivity index (χ0v) is 16.1. The molecule has 1 unspecified atom stereocenters. The molecule has 138 valence electrons. The fraction of sp³-hybridized carbons (Fsp3) is 0.400. The second-order valence-electron chi connectivity index (χ2n) is 6.40. The lowest BCUT2D eigenvalue weighted by atomic mass is 10.1. The topological polar surface area (TPSA) is 54.5 Å². The molecule has 6 heteroatoms. The zero-order chi connectivity index (χ0) is 18.4. The van der Waals surface area contributed by atoms with Gasteiger partial charge in [-0.15, -0.1) is 11.3 Å². The molecule has 0 spiro atoms. The number of hydrogen-bond acceptors (Lipinski definition) is 5. The molecule has 1 amide bonds. The summed E-state index contributed by atoms with van der Waals surface area (Å²) in [7, 11) is 1.92. The van der Waals surface area contributed by atoms with Crippen LogP contribution < -0.4 is 10.1 Å². The molecule has 1 N–H and O–H groups in total. The van der Waals surface area contributed by atoms with Gasteiger partial charge in [-0.3, -0.25) is 4.79 Å². The fourth-order valence-electron chi connectivity index (χ4n) is 3.21. The number of ether oxygens (including phenoxy) is 1. The van der Waals surface area contributed by atoms with Crippen LogP contribution in [-0.2, 0) is 11.4 Å². The van der Waals surface area contributed by atoms with Crippen molar-refractivity contribution in [3.05, 3.63) is 52.0 Å². The van der Waals surface area contributed by atoms with E-state index in [1.165, 1.54) is 0 Å². The Bertz CT molecular complexity index is 772. The molecule has 2 heterocycles. The SMILES string of the molecule is CNCC1CCCN1C(=O)C=Cc1ccccc1OCc1csc(C)n1. The van der Waals surface area contributed by atoms with Crippen LogP contribution in [0.25, 0.3) is 6.08 Å². The summed E-state index contributed by atoms with van der Waals surface area (Å²) in [6, 6.07) is 8.05. The lowest BCUT2D eigenvalue weighted by Gasteiger charge is -2.23. The third-order valence-corrected chi connectivity index (χ3v) is 5.29. The van der Waals surface area contributed by atoms with Gasteiger partial charge in [-0.05, 0) is 39.0 Å². The van der Waals surface area contributed by atoms with Gasteiger partial charge in [0.25, 0.3) is 0 Å². The lowest BCUT2D eigenvalue weighted by molar-refractivity contribution is -0.126. The first-order valence-electron chi connectivity index (χ1n) is 8.93. The first kappa shape index (κ1) is 18.6. The van der Waals surface area contributed by atoms with Gasteiger partial charge in [0.2, 0.25) is 5.91 Å². The number of aromatic nitrogens is 1. The molecule has 0 radical (unpaired) electrons. The van der Waals surface area contributed by atoms with Crippen molar-refractivity contribution < 1.29 is 9.53 Å². The minimum Gasteiger partial charge on any atom is -0.487 e. The second-order valence-corrected chi connectivity index (χ2v) is 7.47. The van der Waals surface area contributed by atoms with Crippen molar-refractivity contribution in [1.82, 2.24) is 15.2 Å². The molecule has 1 aliphatic heterocycles. The predicted molar refractivity (Wildman–Crippen MR) is 105 cm³/mol. The van der Waals surface area contributed by atoms with E-state index in [9.17, 15) is 4.79 Å². The van der Waals surface area contributed by atoms with Gasteiger partial charge in [0.15, 0.2) is 0 Å². The molecule has 2 aromatic rings. The molecule has 1 fully saturated rings. The molecule has 3 rings (SSSR count). The van der Waals surface area contributed by atoms with Gasteiger partial charge in [0, 0.05) is 36.2 Å². The molecule has 26 heavy (non-hydrogen) atoms. The lowest BCUT2D eigenvalue weighted by Crippen LogP contribution is -2.39. The minimum atomic E-state index is 0.0627. The van der Waals surface area contributed by atoms with Gasteiger partial charge < -0.3 is 15.0 Å². The van der Waals surface area contributed by atoms with Crippen molar-refractivity contribution in [2.24, 2.45) is 0 Å². The number of carbonyl (C=O) groups excluding carboxylic acids is 1. The van der Waals surface area contributed by atoms with Gasteiger partial charge in [-0.2, -0.15) is 0 Å². The monoisotopic (exact) mass is 371 g/mol. The average Bonchev–Trinajstić information content (AvgIpc) is 3.28. The van der Waals surface area contributed by atoms with Crippen molar-refractivity contribution in [1.29, 1.82) is 0 Å². The average molecular weight is 372 g/mol. The summed E-state index contributed by atoms with van der Waals surface area (Å²) in [5, 5.41) is 6.21. The maximum absolute atomic E-state index is 12.6. The van der Waals surface area contributed by atoms with E-state index >= 15 is 0 Å². The van der Waals surface area contributed by atoms with Crippen LogP contribution in [0.3, 0.4) is 0 Å². The number of rotatable bonds is 7. The van der Waals surface area contributed by atoms with Crippen molar-refractivity contribution >= 4 is 23.3 Å². The Morgan fingerprint density at radius 3 is 3.08 bits per heavy atom. The fourth-order valence-corrected chi connectivity index (χ4v) is 3.80. The Morgan fingerprint density at radius 2 is 2.31 bits per heavy atom. The summed E-state index contributed by atoms with van der Waals surface area (Å²) in [5.74, 6) is 0.822. The van der Waals surface area contributed by atoms with Crippen molar-refractivity contribution in [3.63, 3.8) is 0 Å². The maximum atomic E-state index is 12.6. The Balaban J connectivity index is 1.65. The molecular weight excluding hydrogens is 346 g/mol. The van der Waals surface area contributed by atoms with E-state index in [4.69, 9.17) is 4.74 Å². The first-order valence-corrected chi connectivity index (χ1v) is 9.81. The molecule has 1 saturated heterocycles. The number of amides is 1. The van der Waals surface area contributed by atoms with E-state index in [1.807, 2.05) is 54.6 Å². The number of nitrogens with one attached hydrogen (secondary N) is 1. The highest BCUT2D eigenvalue weighted by molar-refractivity contribution is 7.09. The quantitative estimate of drug-likeness (QED) is 0.759. The molecule has 1 atom stereocenters. The summed E-state index contributed by atoms with van der Waals surface area (Å²) in [5.41, 5.74) is 1.83. The van der Waals surface area contributed by atoms with Crippen LogP contribution >= 0.6 is 11.3 Å². The molecule has 0 saturated carbocycles. The van der Waals surface area contributed by atoms with Crippen LogP contribution in [0.2, 0.25) is 0 Å². The summed E-state index contributed by atoms with van der Waals surface area (Å²) in [6.45, 7) is 4.08. The molecule has 5 nitrogen and oxygen atoms in total. The second kappa shape index (κ2) is 8.96. The van der Waals surface area contributed by atoms with Gasteiger partial charge in [-0.25, -0.2) is 4.98 Å². The zero-order valence-electron chi connectivity index (χ0n) is 15.3. The number of para-hydroxylation sites is 1. The molecule has 1 aromatic carbocycles. The Labute approximate surface area is 158 Å². The molecule has 1 aromatic heterocycles. The van der Waals surface area contributed by atoms with Gasteiger partial charge in [0.05, 0.1) is 10.7 Å². The Kier molecular flexibility index (Phi) is 6.41. The van der Waals surface area contributed by atoms with Crippen LogP contribution in [0, 0.1) is 6.92 Å². The highest BCUT2D eigenvalue weighted by Gasteiger charge is 2.26. The standard InChI is InChI=1S/C20H25N3O2S/c1-15-22-17(14-26-15)13-25-19-8-4-3-6-16(19)9-10-20(24)23-11-5-7-18(23)12-21-2/h3-4,6,8-10,14,18,21H,5,7,11-13H2,1-2H3. The van der Waals surface area contributed by atoms with Crippen LogP contribution in [0.1, 0.15) is 29.1 Å². The number of nitrogens with zero attached hydrogens (tertiary/aromatic N) is 2. The number of hydrogen-bond donors (Lipinski definition) is 1. The van der Waals surface area contributed by atoms with E-state index in [0.29, 0.717) is 6.61 Å². The first-order chi connectivity index (χ1) is 12.7. The molecule has 0 bridgehead atoms. The number of aryl methyl sites for hydroxylation is 1. The van der Waals surface area contributed by atoms with E-state index < -0.39 is 0 Å². The number of likely N-dealkylation sites (tertiary alicyclic amines) is 1. The predicted octanol–water partition coefficient (Wildman–Crippen LogP) is 3.25. The number of carbonyl (C=O) groups is 1. The number of likely N-dealkylation sites (N-methyl/N-ethyl adjacent to an activating group) is 1. The largest absolute Gasteiger partial charge is 0.487 e. The van der Waals surface area contributed by atoms with E-state index in [1.54, 1.807) is 17.4 Å². The normalized spacial score (nSPS) is 17.2. The van der Waals surface area contributed by atoms with Gasteiger partial charge in [-0.1, -0.05) is 18.2 Å². The van der Waals surface area contributed by atoms with Crippen LogP contribution in [0.4, 0.5) is 0 Å². The van der Waals surface area contributed by atoms with Gasteiger partial charge >= 0.3 is 0 Å². The van der Waals surface area contributed by atoms with E-state index in [-0.39, 0.29) is 11.9 Å². The smallest absolute Gasteiger partial charge is 0.246 e. The van der Waals surface area contributed by atoms with Gasteiger partial charge in [0.1, 0.15) is 12.4 Å². The highest BCUT2D eigenvalue weighted by atomic mass is 32.1. The maximum Gasteiger partial charge on any atom is 0.246 e. The van der Waals surface area contributed by atoms with Crippen LogP contribution in [0.15, 0.2) is 35.7 Å². The minimum absolute atomic E-state index is 0.0627. The van der Waals surface area contributed by atoms with Crippen molar-refractivity contribution in [2.45, 2.75) is 32.4 Å². The third kappa shape index (κ3) is 4.71. The molecular formula is C20H25N3O2S. The van der Waals surface area contributed by atoms with Crippen LogP contribution in [0.5, 0.6) is 5.75 Å². The van der Waals surface area contributed by atoms with Crippen LogP contribution in [-0.4, -0.2) is 42.0 Å².